The Balaban J connectivity index is 1.59. The Bertz CT molecular complexity index is 813. The van der Waals surface area contributed by atoms with Crippen molar-refractivity contribution in [2.45, 2.75) is 26.1 Å². The number of furan rings is 1. The van der Waals surface area contributed by atoms with Gasteiger partial charge in [0.2, 0.25) is 0 Å². The van der Waals surface area contributed by atoms with Crippen LogP contribution >= 0.6 is 0 Å². The maximum atomic E-state index is 10.5. The number of aliphatic hydroxyl groups excluding tert-OH is 1. The zero-order chi connectivity index (χ0) is 19.8. The Morgan fingerprint density at radius 2 is 1.68 bits per heavy atom. The van der Waals surface area contributed by atoms with Gasteiger partial charge in [0.25, 0.3) is 0 Å². The molecule has 1 aromatic heterocycles. The summed E-state index contributed by atoms with van der Waals surface area (Å²) in [4.78, 5) is 2.14. The number of hydrogen-bond acceptors (Lipinski definition) is 5. The summed E-state index contributed by atoms with van der Waals surface area (Å²) in [5.74, 6) is 2.45. The average molecular weight is 381 g/mol. The molecule has 0 bridgehead atoms. The van der Waals surface area contributed by atoms with Crippen LogP contribution in [0, 0.1) is 6.92 Å². The second-order valence-corrected chi connectivity index (χ2v) is 6.87. The highest BCUT2D eigenvalue weighted by Crippen LogP contribution is 2.16. The molecule has 0 saturated heterocycles. The molecule has 0 fully saturated rings. The number of ether oxygens (including phenoxy) is 2. The van der Waals surface area contributed by atoms with E-state index in [1.807, 2.05) is 67.6 Å². The normalized spacial score (nSPS) is 12.1. The van der Waals surface area contributed by atoms with Gasteiger partial charge in [0.1, 0.15) is 30.0 Å². The maximum absolute atomic E-state index is 10.5. The molecule has 0 amide bonds. The standard InChI is InChI=1S/C23H27NO4/c1-18-5-9-22(10-6-18)28-17-20(25)15-24(16-23-4-3-13-27-23)14-19-7-11-21(26-2)12-8-19/h3-13,20,25H,14-17H2,1-2H3/t20-/m0/s1. The van der Waals surface area contributed by atoms with Crippen LogP contribution in [0.1, 0.15) is 16.9 Å². The van der Waals surface area contributed by atoms with Crippen molar-refractivity contribution in [3.05, 3.63) is 83.8 Å². The van der Waals surface area contributed by atoms with Crippen molar-refractivity contribution < 1.29 is 19.0 Å². The van der Waals surface area contributed by atoms with Gasteiger partial charge in [0, 0.05) is 13.1 Å². The van der Waals surface area contributed by atoms with Gasteiger partial charge in [0.05, 0.1) is 19.9 Å². The lowest BCUT2D eigenvalue weighted by molar-refractivity contribution is 0.0604. The third-order valence-electron chi connectivity index (χ3n) is 4.46. The van der Waals surface area contributed by atoms with E-state index in [1.165, 1.54) is 5.56 Å². The lowest BCUT2D eigenvalue weighted by Crippen LogP contribution is -2.35. The molecule has 3 aromatic rings. The first-order chi connectivity index (χ1) is 13.6. The van der Waals surface area contributed by atoms with Gasteiger partial charge in [0.15, 0.2) is 0 Å². The molecule has 0 aliphatic heterocycles. The van der Waals surface area contributed by atoms with Gasteiger partial charge < -0.3 is 19.0 Å². The first-order valence-corrected chi connectivity index (χ1v) is 9.37. The Labute approximate surface area is 166 Å². The molecule has 3 rings (SSSR count). The SMILES string of the molecule is COc1ccc(CN(Cc2ccco2)C[C@H](O)COc2ccc(C)cc2)cc1. The van der Waals surface area contributed by atoms with Crippen LogP contribution in [0.25, 0.3) is 0 Å². The van der Waals surface area contributed by atoms with Gasteiger partial charge in [-0.25, -0.2) is 0 Å². The van der Waals surface area contributed by atoms with Crippen molar-refractivity contribution >= 4 is 0 Å². The first kappa shape index (κ1) is 20.0. The molecule has 5 heteroatoms. The highest BCUT2D eigenvalue weighted by atomic mass is 16.5. The van der Waals surface area contributed by atoms with Gasteiger partial charge in [-0.2, -0.15) is 0 Å². The van der Waals surface area contributed by atoms with Crippen LogP contribution in [0.2, 0.25) is 0 Å². The molecule has 1 heterocycles. The van der Waals surface area contributed by atoms with Gasteiger partial charge in [-0.1, -0.05) is 29.8 Å². The molecule has 148 valence electrons. The molecule has 0 spiro atoms. The van der Waals surface area contributed by atoms with Crippen molar-refractivity contribution in [3.8, 4) is 11.5 Å². The Hall–Kier alpha value is -2.76. The number of rotatable bonds is 10. The molecule has 0 aliphatic rings. The fourth-order valence-electron chi connectivity index (χ4n) is 2.97. The highest BCUT2D eigenvalue weighted by molar-refractivity contribution is 5.27. The van der Waals surface area contributed by atoms with E-state index in [9.17, 15) is 5.11 Å². The van der Waals surface area contributed by atoms with Crippen LogP contribution in [0.4, 0.5) is 0 Å². The van der Waals surface area contributed by atoms with Crippen LogP contribution in [0.5, 0.6) is 11.5 Å². The van der Waals surface area contributed by atoms with Crippen LogP contribution < -0.4 is 9.47 Å². The third kappa shape index (κ3) is 6.15. The van der Waals surface area contributed by atoms with E-state index in [-0.39, 0.29) is 6.61 Å². The second-order valence-electron chi connectivity index (χ2n) is 6.87. The number of methoxy groups -OCH3 is 1. The molecule has 0 aliphatic carbocycles. The van der Waals surface area contributed by atoms with Crippen molar-refractivity contribution in [3.63, 3.8) is 0 Å². The van der Waals surface area contributed by atoms with E-state index in [0.29, 0.717) is 19.6 Å². The fraction of sp³-hybridized carbons (Fsp3) is 0.304. The topological polar surface area (TPSA) is 55.1 Å². The summed E-state index contributed by atoms with van der Waals surface area (Å²) in [6, 6.07) is 19.6. The summed E-state index contributed by atoms with van der Waals surface area (Å²) in [7, 11) is 1.66. The average Bonchev–Trinajstić information content (AvgIpc) is 3.21. The highest BCUT2D eigenvalue weighted by Gasteiger charge is 2.15. The number of hydrogen-bond donors (Lipinski definition) is 1. The molecular formula is C23H27NO4. The summed E-state index contributed by atoms with van der Waals surface area (Å²) >= 11 is 0. The van der Waals surface area contributed by atoms with Crippen molar-refractivity contribution in [1.82, 2.24) is 4.90 Å². The molecule has 1 N–H and O–H groups in total. The van der Waals surface area contributed by atoms with Crippen LogP contribution in [-0.4, -0.2) is 36.4 Å². The van der Waals surface area contributed by atoms with E-state index in [0.717, 1.165) is 22.8 Å². The molecule has 5 nitrogen and oxygen atoms in total. The number of nitrogens with zero attached hydrogens (tertiary/aromatic N) is 1. The summed E-state index contributed by atoms with van der Waals surface area (Å²) in [5.41, 5.74) is 2.32. The molecule has 0 radical (unpaired) electrons. The number of aryl methyl sites for hydroxylation is 1. The van der Waals surface area contributed by atoms with E-state index in [4.69, 9.17) is 13.9 Å². The van der Waals surface area contributed by atoms with E-state index in [2.05, 4.69) is 4.90 Å². The predicted molar refractivity (Wildman–Crippen MR) is 108 cm³/mol. The molecular weight excluding hydrogens is 354 g/mol. The second kappa shape index (κ2) is 9.97. The van der Waals surface area contributed by atoms with Gasteiger partial charge in [-0.05, 0) is 48.9 Å². The third-order valence-corrected chi connectivity index (χ3v) is 4.46. The smallest absolute Gasteiger partial charge is 0.119 e. The Kier molecular flexibility index (Phi) is 7.12. The van der Waals surface area contributed by atoms with Crippen LogP contribution in [0.15, 0.2) is 71.3 Å². The zero-order valence-corrected chi connectivity index (χ0v) is 16.4. The van der Waals surface area contributed by atoms with Gasteiger partial charge >= 0.3 is 0 Å². The molecule has 0 unspecified atom stereocenters. The Morgan fingerprint density at radius 3 is 2.32 bits per heavy atom. The zero-order valence-electron chi connectivity index (χ0n) is 16.4. The minimum Gasteiger partial charge on any atom is -0.497 e. The summed E-state index contributed by atoms with van der Waals surface area (Å²) < 4.78 is 16.4. The van der Waals surface area contributed by atoms with Gasteiger partial charge in [-0.3, -0.25) is 4.90 Å². The minimum atomic E-state index is -0.616. The quantitative estimate of drug-likeness (QED) is 0.574. The molecule has 1 atom stereocenters. The molecule has 28 heavy (non-hydrogen) atoms. The minimum absolute atomic E-state index is 0.236. The summed E-state index contributed by atoms with van der Waals surface area (Å²) in [5, 5.41) is 10.5. The van der Waals surface area contributed by atoms with Crippen molar-refractivity contribution in [1.29, 1.82) is 0 Å². The van der Waals surface area contributed by atoms with Crippen molar-refractivity contribution in [2.75, 3.05) is 20.3 Å². The van der Waals surface area contributed by atoms with E-state index >= 15 is 0 Å². The Morgan fingerprint density at radius 1 is 0.964 bits per heavy atom. The largest absolute Gasteiger partial charge is 0.497 e. The van der Waals surface area contributed by atoms with Crippen LogP contribution in [-0.2, 0) is 13.1 Å². The molecule has 2 aromatic carbocycles. The predicted octanol–water partition coefficient (Wildman–Crippen LogP) is 4.04. The monoisotopic (exact) mass is 381 g/mol. The number of aliphatic hydroxyl groups is 1. The maximum Gasteiger partial charge on any atom is 0.119 e. The first-order valence-electron chi connectivity index (χ1n) is 9.37. The summed E-state index contributed by atoms with van der Waals surface area (Å²) in [6.45, 7) is 4.04. The van der Waals surface area contributed by atoms with Crippen LogP contribution in [0.3, 0.4) is 0 Å². The lowest BCUT2D eigenvalue weighted by Gasteiger charge is -2.24. The summed E-state index contributed by atoms with van der Waals surface area (Å²) in [6.07, 6.45) is 1.05. The van der Waals surface area contributed by atoms with Gasteiger partial charge in [-0.15, -0.1) is 0 Å². The fourth-order valence-corrected chi connectivity index (χ4v) is 2.97. The lowest BCUT2D eigenvalue weighted by atomic mass is 10.2. The van der Waals surface area contributed by atoms with E-state index < -0.39 is 6.10 Å². The van der Waals surface area contributed by atoms with E-state index in [1.54, 1.807) is 13.4 Å². The van der Waals surface area contributed by atoms with Crippen molar-refractivity contribution in [2.24, 2.45) is 0 Å². The number of benzene rings is 2. The molecule has 0 saturated carbocycles.